The van der Waals surface area contributed by atoms with Crippen LogP contribution in [0.3, 0.4) is 0 Å². The molecule has 1 unspecified atom stereocenters. The number of nitrogens with zero attached hydrogens (tertiary/aromatic N) is 5. The fraction of sp³-hybridized carbons (Fsp3) is 0.364. The molecule has 4 aromatic rings. The van der Waals surface area contributed by atoms with Crippen molar-refractivity contribution in [3.8, 4) is 11.3 Å². The summed E-state index contributed by atoms with van der Waals surface area (Å²) in [5.74, 6) is 1.91. The van der Waals surface area contributed by atoms with Crippen molar-refractivity contribution < 1.29 is 12.9 Å². The van der Waals surface area contributed by atoms with E-state index in [1.165, 1.54) is 6.26 Å². The van der Waals surface area contributed by atoms with Crippen LogP contribution in [-0.4, -0.2) is 47.9 Å². The van der Waals surface area contributed by atoms with Gasteiger partial charge in [0.15, 0.2) is 20.8 Å². The Morgan fingerprint density at radius 3 is 2.56 bits per heavy atom. The van der Waals surface area contributed by atoms with Gasteiger partial charge < -0.3 is 9.42 Å². The second kappa shape index (κ2) is 7.93. The predicted molar refractivity (Wildman–Crippen MR) is 124 cm³/mol. The molecule has 0 amide bonds. The average Bonchev–Trinajstić information content (AvgIpc) is 3.51. The molecular weight excluding hydrogens is 446 g/mol. The summed E-state index contributed by atoms with van der Waals surface area (Å²) in [5.41, 5.74) is 2.51. The van der Waals surface area contributed by atoms with Crippen LogP contribution in [0.15, 0.2) is 45.8 Å². The molecule has 0 radical (unpaired) electrons. The number of aromatic nitrogens is 4. The quantitative estimate of drug-likeness (QED) is 0.427. The van der Waals surface area contributed by atoms with Crippen molar-refractivity contribution >= 4 is 36.7 Å². The van der Waals surface area contributed by atoms with Gasteiger partial charge in [0.25, 0.3) is 0 Å². The van der Waals surface area contributed by atoms with E-state index in [2.05, 4.69) is 28.9 Å². The third kappa shape index (κ3) is 4.00. The van der Waals surface area contributed by atoms with E-state index >= 15 is 0 Å². The van der Waals surface area contributed by atoms with Gasteiger partial charge in [-0.2, -0.15) is 4.98 Å². The fourth-order valence-corrected chi connectivity index (χ4v) is 5.36. The van der Waals surface area contributed by atoms with Crippen LogP contribution in [0.4, 0.5) is 5.13 Å². The van der Waals surface area contributed by atoms with Gasteiger partial charge in [-0.15, -0.1) is 0 Å². The maximum Gasteiger partial charge on any atom is 0.231 e. The Bertz CT molecular complexity index is 1380. The summed E-state index contributed by atoms with van der Waals surface area (Å²) in [6.07, 6.45) is 2.15. The molecule has 1 saturated heterocycles. The third-order valence-electron chi connectivity index (χ3n) is 5.60. The maximum absolute atomic E-state index is 11.7. The van der Waals surface area contributed by atoms with Gasteiger partial charge in [-0.1, -0.05) is 42.5 Å². The van der Waals surface area contributed by atoms with Crippen LogP contribution in [0.25, 0.3) is 21.6 Å². The first-order valence-corrected chi connectivity index (χ1v) is 13.2. The number of pyridine rings is 1. The summed E-state index contributed by atoms with van der Waals surface area (Å²) < 4.78 is 28.9. The second-order valence-corrected chi connectivity index (χ2v) is 11.4. The number of thiazole rings is 1. The number of hydrogen-bond donors (Lipinski definition) is 0. The molecule has 0 N–H and O–H groups in total. The van der Waals surface area contributed by atoms with Crippen LogP contribution < -0.4 is 4.90 Å². The highest BCUT2D eigenvalue weighted by atomic mass is 32.2. The first-order chi connectivity index (χ1) is 15.3. The van der Waals surface area contributed by atoms with Crippen molar-refractivity contribution in [2.24, 2.45) is 0 Å². The van der Waals surface area contributed by atoms with Gasteiger partial charge in [-0.05, 0) is 30.7 Å². The SMILES string of the molecule is CC(C)c1noc(C2CCN(c3nc4ccc(-c5ccc(S(C)(=O)=O)cc5)nc4s3)C2)n1. The summed E-state index contributed by atoms with van der Waals surface area (Å²) in [4.78, 5) is 17.5. The Labute approximate surface area is 190 Å². The van der Waals surface area contributed by atoms with Gasteiger partial charge in [-0.3, -0.25) is 0 Å². The van der Waals surface area contributed by atoms with Gasteiger partial charge in [-0.25, -0.2) is 18.4 Å². The van der Waals surface area contributed by atoms with Crippen molar-refractivity contribution in [2.75, 3.05) is 24.2 Å². The number of benzene rings is 1. The van der Waals surface area contributed by atoms with Crippen molar-refractivity contribution in [2.45, 2.75) is 37.0 Å². The highest BCUT2D eigenvalue weighted by molar-refractivity contribution is 7.90. The minimum absolute atomic E-state index is 0.207. The van der Waals surface area contributed by atoms with Gasteiger partial charge in [0, 0.05) is 30.8 Å². The Morgan fingerprint density at radius 2 is 1.88 bits per heavy atom. The molecule has 0 saturated carbocycles. The van der Waals surface area contributed by atoms with Gasteiger partial charge in [0.05, 0.1) is 16.5 Å². The summed E-state index contributed by atoms with van der Waals surface area (Å²) in [7, 11) is -3.22. The molecular formula is C22H23N5O3S2. The monoisotopic (exact) mass is 469 g/mol. The molecule has 1 aromatic carbocycles. The normalized spacial score (nSPS) is 17.0. The Kier molecular flexibility index (Phi) is 5.21. The van der Waals surface area contributed by atoms with E-state index in [1.807, 2.05) is 12.1 Å². The van der Waals surface area contributed by atoms with Gasteiger partial charge >= 0.3 is 0 Å². The predicted octanol–water partition coefficient (Wildman–Crippen LogP) is 4.26. The van der Waals surface area contributed by atoms with Crippen LogP contribution >= 0.6 is 11.3 Å². The fourth-order valence-electron chi connectivity index (χ4n) is 3.76. The number of sulfone groups is 1. The molecule has 32 heavy (non-hydrogen) atoms. The lowest BCUT2D eigenvalue weighted by Gasteiger charge is -2.13. The van der Waals surface area contributed by atoms with E-state index in [9.17, 15) is 8.42 Å². The zero-order valence-corrected chi connectivity index (χ0v) is 19.7. The average molecular weight is 470 g/mol. The van der Waals surface area contributed by atoms with Gasteiger partial charge in [0.1, 0.15) is 10.3 Å². The zero-order valence-electron chi connectivity index (χ0n) is 18.0. The summed E-state index contributed by atoms with van der Waals surface area (Å²) in [6.45, 7) is 5.78. The smallest absolute Gasteiger partial charge is 0.231 e. The van der Waals surface area contributed by atoms with E-state index in [0.29, 0.717) is 10.8 Å². The van der Waals surface area contributed by atoms with E-state index < -0.39 is 9.84 Å². The van der Waals surface area contributed by atoms with E-state index in [4.69, 9.17) is 14.5 Å². The number of fused-ring (bicyclic) bond motifs is 1. The lowest BCUT2D eigenvalue weighted by atomic mass is 10.1. The Morgan fingerprint density at radius 1 is 1.09 bits per heavy atom. The number of hydrogen-bond acceptors (Lipinski definition) is 9. The molecule has 0 spiro atoms. The lowest BCUT2D eigenvalue weighted by molar-refractivity contribution is 0.354. The molecule has 1 atom stereocenters. The van der Waals surface area contributed by atoms with Crippen molar-refractivity contribution in [3.05, 3.63) is 48.1 Å². The molecule has 5 rings (SSSR count). The summed E-state index contributed by atoms with van der Waals surface area (Å²) in [5, 5.41) is 5.02. The van der Waals surface area contributed by atoms with Gasteiger partial charge in [0.2, 0.25) is 5.89 Å². The molecule has 166 valence electrons. The van der Waals surface area contributed by atoms with E-state index in [-0.39, 0.29) is 11.8 Å². The largest absolute Gasteiger partial charge is 0.347 e. The standard InChI is InChI=1S/C22H23N5O3S2/c1-13(2)19-25-20(30-26-19)15-10-11-27(12-15)22-24-18-9-8-17(23-21(18)31-22)14-4-6-16(7-5-14)32(3,28)29/h4-9,13,15H,10-12H2,1-3H3. The third-order valence-corrected chi connectivity index (χ3v) is 7.76. The van der Waals surface area contributed by atoms with E-state index in [1.54, 1.807) is 35.6 Å². The topological polar surface area (TPSA) is 102 Å². The van der Waals surface area contributed by atoms with Crippen LogP contribution in [-0.2, 0) is 9.84 Å². The molecule has 1 aliphatic heterocycles. The Hall–Kier alpha value is -2.85. The number of rotatable bonds is 5. The Balaban J connectivity index is 1.36. The second-order valence-electron chi connectivity index (χ2n) is 8.39. The van der Waals surface area contributed by atoms with Crippen LogP contribution in [0.2, 0.25) is 0 Å². The van der Waals surface area contributed by atoms with Crippen LogP contribution in [0.5, 0.6) is 0 Å². The molecule has 1 aliphatic rings. The van der Waals surface area contributed by atoms with Crippen molar-refractivity contribution in [3.63, 3.8) is 0 Å². The first-order valence-electron chi connectivity index (χ1n) is 10.4. The highest BCUT2D eigenvalue weighted by Crippen LogP contribution is 2.35. The van der Waals surface area contributed by atoms with E-state index in [0.717, 1.165) is 52.1 Å². The molecule has 8 nitrogen and oxygen atoms in total. The molecule has 0 aliphatic carbocycles. The van der Waals surface area contributed by atoms with Crippen LogP contribution in [0, 0.1) is 0 Å². The maximum atomic E-state index is 11.7. The molecule has 10 heteroatoms. The molecule has 4 heterocycles. The number of anilines is 1. The highest BCUT2D eigenvalue weighted by Gasteiger charge is 2.30. The minimum atomic E-state index is -3.22. The molecule has 0 bridgehead atoms. The molecule has 3 aromatic heterocycles. The van der Waals surface area contributed by atoms with Crippen molar-refractivity contribution in [1.29, 1.82) is 0 Å². The molecule has 1 fully saturated rings. The zero-order chi connectivity index (χ0) is 22.5. The summed E-state index contributed by atoms with van der Waals surface area (Å²) >= 11 is 1.56. The lowest BCUT2D eigenvalue weighted by Crippen LogP contribution is -2.18. The van der Waals surface area contributed by atoms with Crippen LogP contribution in [0.1, 0.15) is 43.8 Å². The minimum Gasteiger partial charge on any atom is -0.347 e. The van der Waals surface area contributed by atoms with Crippen molar-refractivity contribution in [1.82, 2.24) is 20.1 Å². The summed E-state index contributed by atoms with van der Waals surface area (Å²) in [6, 6.07) is 10.7. The first kappa shape index (κ1) is 21.0.